The van der Waals surface area contributed by atoms with Crippen LogP contribution in [0.4, 0.5) is 4.39 Å². The molecule has 16 heavy (non-hydrogen) atoms. The molecule has 3 unspecified atom stereocenters. The van der Waals surface area contributed by atoms with Gasteiger partial charge in [0.25, 0.3) is 0 Å². The molecule has 0 saturated heterocycles. The third-order valence-corrected chi connectivity index (χ3v) is 3.40. The summed E-state index contributed by atoms with van der Waals surface area (Å²) < 4.78 is 12.9. The molecule has 0 aliphatic heterocycles. The van der Waals surface area contributed by atoms with Crippen molar-refractivity contribution in [2.24, 2.45) is 0 Å². The molecule has 0 heterocycles. The van der Waals surface area contributed by atoms with Gasteiger partial charge in [-0.25, -0.2) is 4.39 Å². The molecule has 1 aromatic rings. The van der Waals surface area contributed by atoms with E-state index in [-0.39, 0.29) is 12.5 Å². The minimum Gasteiger partial charge on any atom is -0.348 e. The van der Waals surface area contributed by atoms with E-state index in [0.29, 0.717) is 0 Å². The lowest BCUT2D eigenvalue weighted by Crippen LogP contribution is -2.36. The lowest BCUT2D eigenvalue weighted by Gasteiger charge is -2.16. The van der Waals surface area contributed by atoms with Gasteiger partial charge in [0.05, 0.1) is 6.04 Å². The van der Waals surface area contributed by atoms with Gasteiger partial charge in [-0.3, -0.25) is 4.79 Å². The fourth-order valence-corrected chi connectivity index (χ4v) is 1.77. The normalized spacial score (nSPS) is 29.6. The molecule has 4 heteroatoms. The topological polar surface area (TPSA) is 29.1 Å². The van der Waals surface area contributed by atoms with Crippen LogP contribution in [0.5, 0.6) is 0 Å². The summed E-state index contributed by atoms with van der Waals surface area (Å²) in [6.07, 6.45) is -1.10. The molecule has 1 saturated carbocycles. The van der Waals surface area contributed by atoms with E-state index in [0.717, 1.165) is 5.56 Å². The van der Waals surface area contributed by atoms with Crippen molar-refractivity contribution in [1.82, 2.24) is 5.32 Å². The molecule has 1 amide bonds. The molecule has 86 valence electrons. The van der Waals surface area contributed by atoms with Crippen LogP contribution < -0.4 is 5.32 Å². The van der Waals surface area contributed by atoms with Crippen LogP contribution in [0.15, 0.2) is 30.3 Å². The summed E-state index contributed by atoms with van der Waals surface area (Å²) in [7, 11) is 0. The number of hydrogen-bond acceptors (Lipinski definition) is 1. The lowest BCUT2D eigenvalue weighted by molar-refractivity contribution is -0.122. The van der Waals surface area contributed by atoms with Gasteiger partial charge in [0.15, 0.2) is 4.87 Å². The zero-order chi connectivity index (χ0) is 11.8. The Morgan fingerprint density at radius 3 is 2.62 bits per heavy atom. The number of nitrogens with one attached hydrogen (secondary N) is 1. The average molecular weight is 242 g/mol. The number of carbonyl (C=O) groups excluding carboxylic acids is 1. The highest BCUT2D eigenvalue weighted by Gasteiger charge is 2.60. The fourth-order valence-electron chi connectivity index (χ4n) is 1.58. The number of carbonyl (C=O) groups is 1. The summed E-state index contributed by atoms with van der Waals surface area (Å²) in [4.78, 5) is 10.3. The maximum absolute atomic E-state index is 12.9. The standard InChI is InChI=1S/C12H13ClFNO/c1-8(9-5-3-2-4-6-9)15-11(16)12(13)7-10(12)14/h2-6,8,10H,7H2,1H3,(H,15,16). The Morgan fingerprint density at radius 2 is 2.12 bits per heavy atom. The number of halogens is 2. The van der Waals surface area contributed by atoms with Crippen LogP contribution in [0.2, 0.25) is 0 Å². The second-order valence-electron chi connectivity index (χ2n) is 4.14. The summed E-state index contributed by atoms with van der Waals surface area (Å²) in [6, 6.07) is 9.35. The van der Waals surface area contributed by atoms with Gasteiger partial charge in [-0.15, -0.1) is 11.6 Å². The van der Waals surface area contributed by atoms with Crippen LogP contribution in [0, 0.1) is 0 Å². The number of rotatable bonds is 3. The molecule has 0 radical (unpaired) electrons. The van der Waals surface area contributed by atoms with Gasteiger partial charge in [0.1, 0.15) is 6.17 Å². The number of amides is 1. The monoisotopic (exact) mass is 241 g/mol. The molecule has 3 atom stereocenters. The molecule has 0 bridgehead atoms. The second kappa shape index (κ2) is 4.06. The van der Waals surface area contributed by atoms with Crippen LogP contribution >= 0.6 is 11.6 Å². The molecular weight excluding hydrogens is 229 g/mol. The van der Waals surface area contributed by atoms with E-state index in [4.69, 9.17) is 11.6 Å². The summed E-state index contributed by atoms with van der Waals surface area (Å²) in [6.45, 7) is 1.85. The summed E-state index contributed by atoms with van der Waals surface area (Å²) >= 11 is 5.79. The highest BCUT2D eigenvalue weighted by atomic mass is 35.5. The minimum atomic E-state index is -1.32. The minimum absolute atomic E-state index is 0.113. The Kier molecular flexibility index (Phi) is 2.89. The number of hydrogen-bond donors (Lipinski definition) is 1. The first kappa shape index (κ1) is 11.4. The van der Waals surface area contributed by atoms with Crippen LogP contribution in [-0.4, -0.2) is 17.0 Å². The van der Waals surface area contributed by atoms with Gasteiger partial charge >= 0.3 is 0 Å². The summed E-state index contributed by atoms with van der Waals surface area (Å²) in [5, 5.41) is 2.72. The zero-order valence-electron chi connectivity index (χ0n) is 8.91. The van der Waals surface area contributed by atoms with E-state index in [1.807, 2.05) is 37.3 Å². The molecule has 1 aliphatic carbocycles. The molecule has 0 aromatic heterocycles. The van der Waals surface area contributed by atoms with Gasteiger partial charge in [-0.05, 0) is 12.5 Å². The first-order valence-corrected chi connectivity index (χ1v) is 5.61. The molecule has 1 N–H and O–H groups in total. The highest BCUT2D eigenvalue weighted by Crippen LogP contribution is 2.46. The summed E-state index contributed by atoms with van der Waals surface area (Å²) in [5.41, 5.74) is 0.979. The van der Waals surface area contributed by atoms with Crippen LogP contribution in [-0.2, 0) is 4.79 Å². The highest BCUT2D eigenvalue weighted by molar-refractivity contribution is 6.38. The van der Waals surface area contributed by atoms with E-state index >= 15 is 0 Å². The van der Waals surface area contributed by atoms with Crippen LogP contribution in [0.1, 0.15) is 24.9 Å². The largest absolute Gasteiger partial charge is 0.348 e. The number of alkyl halides is 2. The quantitative estimate of drug-likeness (QED) is 0.810. The van der Waals surface area contributed by atoms with Crippen molar-refractivity contribution in [2.75, 3.05) is 0 Å². The third-order valence-electron chi connectivity index (χ3n) is 2.84. The van der Waals surface area contributed by atoms with Crippen molar-refractivity contribution in [2.45, 2.75) is 30.4 Å². The Balaban J connectivity index is 1.98. The fraction of sp³-hybridized carbons (Fsp3) is 0.417. The third kappa shape index (κ3) is 2.05. The van der Waals surface area contributed by atoms with Crippen LogP contribution in [0.3, 0.4) is 0 Å². The van der Waals surface area contributed by atoms with E-state index < -0.39 is 17.0 Å². The van der Waals surface area contributed by atoms with Gasteiger partial charge in [-0.1, -0.05) is 30.3 Å². The SMILES string of the molecule is CC(NC(=O)C1(Cl)CC1F)c1ccccc1. The van der Waals surface area contributed by atoms with Crippen molar-refractivity contribution in [3.05, 3.63) is 35.9 Å². The molecule has 2 rings (SSSR count). The summed E-state index contributed by atoms with van der Waals surface area (Å²) in [5.74, 6) is -0.419. The van der Waals surface area contributed by atoms with E-state index in [1.165, 1.54) is 0 Å². The van der Waals surface area contributed by atoms with Gasteiger partial charge in [0.2, 0.25) is 5.91 Å². The molecule has 1 aromatic carbocycles. The molecule has 0 spiro atoms. The average Bonchev–Trinajstić information content (AvgIpc) is 2.89. The van der Waals surface area contributed by atoms with Crippen molar-refractivity contribution < 1.29 is 9.18 Å². The predicted octanol–water partition coefficient (Wildman–Crippen LogP) is 2.58. The van der Waals surface area contributed by atoms with E-state index in [2.05, 4.69) is 5.32 Å². The smallest absolute Gasteiger partial charge is 0.244 e. The molecule has 1 fully saturated rings. The van der Waals surface area contributed by atoms with Crippen molar-refractivity contribution in [3.8, 4) is 0 Å². The van der Waals surface area contributed by atoms with Crippen molar-refractivity contribution in [3.63, 3.8) is 0 Å². The Labute approximate surface area is 98.8 Å². The second-order valence-corrected chi connectivity index (χ2v) is 4.81. The van der Waals surface area contributed by atoms with Gasteiger partial charge in [0, 0.05) is 6.42 Å². The molecule has 1 aliphatic rings. The Hall–Kier alpha value is -1.09. The van der Waals surface area contributed by atoms with Crippen LogP contribution in [0.25, 0.3) is 0 Å². The zero-order valence-corrected chi connectivity index (χ0v) is 9.67. The van der Waals surface area contributed by atoms with Gasteiger partial charge < -0.3 is 5.32 Å². The van der Waals surface area contributed by atoms with Gasteiger partial charge in [-0.2, -0.15) is 0 Å². The molecule has 2 nitrogen and oxygen atoms in total. The maximum Gasteiger partial charge on any atom is 0.244 e. The first-order chi connectivity index (χ1) is 7.54. The maximum atomic E-state index is 12.9. The van der Waals surface area contributed by atoms with Crippen molar-refractivity contribution in [1.29, 1.82) is 0 Å². The number of benzene rings is 1. The Morgan fingerprint density at radius 1 is 1.56 bits per heavy atom. The lowest BCUT2D eigenvalue weighted by atomic mass is 10.1. The van der Waals surface area contributed by atoms with E-state index in [9.17, 15) is 9.18 Å². The first-order valence-electron chi connectivity index (χ1n) is 5.23. The van der Waals surface area contributed by atoms with E-state index in [1.54, 1.807) is 0 Å². The Bertz CT molecular complexity index is 397. The van der Waals surface area contributed by atoms with Crippen molar-refractivity contribution >= 4 is 17.5 Å². The predicted molar refractivity (Wildman–Crippen MR) is 61.1 cm³/mol. The molecular formula is C12H13ClFNO.